The molecule has 2 rings (SSSR count). The Morgan fingerprint density at radius 3 is 2.21 bits per heavy atom. The molecule has 0 bridgehead atoms. The third-order valence-electron chi connectivity index (χ3n) is 2.49. The number of rotatable bonds is 2. The first kappa shape index (κ1) is 9.94. The molecule has 0 atom stereocenters. The minimum atomic E-state index is -0.0486. The van der Waals surface area contributed by atoms with E-state index in [0.717, 1.165) is 5.69 Å². The van der Waals surface area contributed by atoms with Crippen molar-refractivity contribution < 1.29 is 5.11 Å². The van der Waals surface area contributed by atoms with Crippen molar-refractivity contribution >= 4 is 28.9 Å². The summed E-state index contributed by atoms with van der Waals surface area (Å²) in [6, 6.07) is 3.93. The van der Waals surface area contributed by atoms with Crippen LogP contribution in [0, 0.1) is 0 Å². The zero-order valence-electron chi connectivity index (χ0n) is 7.56. The average molecular weight is 232 g/mol. The standard InChI is InChI=1S/C10H11Cl2NO/c11-8-4-7(5-9(12)10(8)14)13-6-2-1-3-6/h4-6,13-14H,1-3H2. The van der Waals surface area contributed by atoms with E-state index in [4.69, 9.17) is 23.2 Å². The van der Waals surface area contributed by atoms with Gasteiger partial charge >= 0.3 is 0 Å². The SMILES string of the molecule is Oc1c(Cl)cc(NC2CCC2)cc1Cl. The zero-order valence-corrected chi connectivity index (χ0v) is 9.07. The summed E-state index contributed by atoms with van der Waals surface area (Å²) >= 11 is 11.6. The van der Waals surface area contributed by atoms with Crippen LogP contribution in [0.2, 0.25) is 10.0 Å². The summed E-state index contributed by atoms with van der Waals surface area (Å²) in [7, 11) is 0. The van der Waals surface area contributed by atoms with Crippen LogP contribution in [-0.2, 0) is 0 Å². The molecule has 0 saturated heterocycles. The number of nitrogens with one attached hydrogen (secondary N) is 1. The molecule has 1 fully saturated rings. The Balaban J connectivity index is 2.17. The van der Waals surface area contributed by atoms with Crippen LogP contribution in [0.15, 0.2) is 12.1 Å². The second-order valence-electron chi connectivity index (χ2n) is 3.56. The van der Waals surface area contributed by atoms with Gasteiger partial charge in [0.25, 0.3) is 0 Å². The van der Waals surface area contributed by atoms with Crippen molar-refractivity contribution in [2.75, 3.05) is 5.32 Å². The Bertz CT molecular complexity index is 327. The van der Waals surface area contributed by atoms with Gasteiger partial charge in [-0.3, -0.25) is 0 Å². The van der Waals surface area contributed by atoms with Crippen molar-refractivity contribution in [1.82, 2.24) is 0 Å². The van der Waals surface area contributed by atoms with Crippen molar-refractivity contribution in [3.05, 3.63) is 22.2 Å². The number of halogens is 2. The van der Waals surface area contributed by atoms with Gasteiger partial charge in [0.1, 0.15) is 0 Å². The van der Waals surface area contributed by atoms with Crippen molar-refractivity contribution in [2.24, 2.45) is 0 Å². The summed E-state index contributed by atoms with van der Waals surface area (Å²) in [5.74, 6) is -0.0486. The molecule has 14 heavy (non-hydrogen) atoms. The quantitative estimate of drug-likeness (QED) is 0.762. The lowest BCUT2D eigenvalue weighted by molar-refractivity contribution is 0.445. The zero-order chi connectivity index (χ0) is 10.1. The van der Waals surface area contributed by atoms with Crippen LogP contribution in [0.1, 0.15) is 19.3 Å². The maximum atomic E-state index is 9.34. The molecule has 1 aromatic carbocycles. The lowest BCUT2D eigenvalue weighted by atomic mass is 9.93. The summed E-state index contributed by atoms with van der Waals surface area (Å²) in [6.07, 6.45) is 3.66. The molecule has 1 aliphatic rings. The largest absolute Gasteiger partial charge is 0.505 e. The van der Waals surface area contributed by atoms with Crippen molar-refractivity contribution in [1.29, 1.82) is 0 Å². The molecule has 2 N–H and O–H groups in total. The lowest BCUT2D eigenvalue weighted by Gasteiger charge is -2.27. The van der Waals surface area contributed by atoms with Gasteiger partial charge in [0.15, 0.2) is 5.75 Å². The fourth-order valence-corrected chi connectivity index (χ4v) is 1.92. The van der Waals surface area contributed by atoms with E-state index in [9.17, 15) is 5.11 Å². The second kappa shape index (κ2) is 3.87. The minimum absolute atomic E-state index is 0.0486. The first-order valence-corrected chi connectivity index (χ1v) is 5.37. The molecule has 0 amide bonds. The molecule has 0 heterocycles. The van der Waals surface area contributed by atoms with Gasteiger partial charge in [-0.1, -0.05) is 23.2 Å². The average Bonchev–Trinajstić information content (AvgIpc) is 2.07. The van der Waals surface area contributed by atoms with Gasteiger partial charge in [-0.25, -0.2) is 0 Å². The third-order valence-corrected chi connectivity index (χ3v) is 3.07. The van der Waals surface area contributed by atoms with Gasteiger partial charge in [-0.2, -0.15) is 0 Å². The fourth-order valence-electron chi connectivity index (χ4n) is 1.44. The van der Waals surface area contributed by atoms with Crippen molar-refractivity contribution in [2.45, 2.75) is 25.3 Å². The third kappa shape index (κ3) is 1.91. The molecule has 1 saturated carbocycles. The van der Waals surface area contributed by atoms with Crippen molar-refractivity contribution in [3.8, 4) is 5.75 Å². The highest BCUT2D eigenvalue weighted by Gasteiger charge is 2.17. The smallest absolute Gasteiger partial charge is 0.152 e. The van der Waals surface area contributed by atoms with E-state index in [1.54, 1.807) is 12.1 Å². The molecular formula is C10H11Cl2NO. The number of hydrogen-bond acceptors (Lipinski definition) is 2. The fraction of sp³-hybridized carbons (Fsp3) is 0.400. The van der Waals surface area contributed by atoms with Crippen LogP contribution in [0.4, 0.5) is 5.69 Å². The molecule has 1 aliphatic carbocycles. The van der Waals surface area contributed by atoms with Crippen LogP contribution in [0.3, 0.4) is 0 Å². The van der Waals surface area contributed by atoms with E-state index in [1.807, 2.05) is 0 Å². The first-order chi connectivity index (χ1) is 6.66. The lowest BCUT2D eigenvalue weighted by Crippen LogP contribution is -2.26. The highest BCUT2D eigenvalue weighted by molar-refractivity contribution is 6.37. The number of phenols is 1. The number of aromatic hydroxyl groups is 1. The maximum absolute atomic E-state index is 9.34. The maximum Gasteiger partial charge on any atom is 0.152 e. The molecule has 76 valence electrons. The Kier molecular flexibility index (Phi) is 2.75. The molecule has 0 radical (unpaired) electrons. The van der Waals surface area contributed by atoms with E-state index in [1.165, 1.54) is 19.3 Å². The summed E-state index contributed by atoms with van der Waals surface area (Å²) in [5.41, 5.74) is 0.877. The first-order valence-electron chi connectivity index (χ1n) is 4.61. The van der Waals surface area contributed by atoms with Gasteiger partial charge in [-0.05, 0) is 31.4 Å². The summed E-state index contributed by atoms with van der Waals surface area (Å²) in [5, 5.41) is 13.2. The Labute approximate surface area is 92.8 Å². The van der Waals surface area contributed by atoms with Crippen LogP contribution in [-0.4, -0.2) is 11.1 Å². The molecule has 4 heteroatoms. The topological polar surface area (TPSA) is 32.3 Å². The van der Waals surface area contributed by atoms with Gasteiger partial charge < -0.3 is 10.4 Å². The van der Waals surface area contributed by atoms with E-state index in [2.05, 4.69) is 5.32 Å². The van der Waals surface area contributed by atoms with Crippen LogP contribution in [0.25, 0.3) is 0 Å². The Morgan fingerprint density at radius 2 is 1.79 bits per heavy atom. The van der Waals surface area contributed by atoms with E-state index in [-0.39, 0.29) is 5.75 Å². The number of anilines is 1. The molecule has 0 spiro atoms. The van der Waals surface area contributed by atoms with E-state index >= 15 is 0 Å². The van der Waals surface area contributed by atoms with E-state index in [0.29, 0.717) is 16.1 Å². The highest BCUT2D eigenvalue weighted by Crippen LogP contribution is 2.35. The van der Waals surface area contributed by atoms with Crippen LogP contribution in [0.5, 0.6) is 5.75 Å². The predicted octanol–water partition coefficient (Wildman–Crippen LogP) is 3.66. The Morgan fingerprint density at radius 1 is 1.21 bits per heavy atom. The van der Waals surface area contributed by atoms with Crippen LogP contribution < -0.4 is 5.32 Å². The normalized spacial score (nSPS) is 16.4. The molecular weight excluding hydrogens is 221 g/mol. The molecule has 2 nitrogen and oxygen atoms in total. The van der Waals surface area contributed by atoms with Crippen molar-refractivity contribution in [3.63, 3.8) is 0 Å². The summed E-state index contributed by atoms with van der Waals surface area (Å²) in [4.78, 5) is 0. The molecule has 1 aromatic rings. The highest BCUT2D eigenvalue weighted by atomic mass is 35.5. The van der Waals surface area contributed by atoms with Gasteiger partial charge in [0, 0.05) is 11.7 Å². The molecule has 0 unspecified atom stereocenters. The Hall–Kier alpha value is -0.600. The minimum Gasteiger partial charge on any atom is -0.505 e. The number of phenolic OH excluding ortho intramolecular Hbond substituents is 1. The predicted molar refractivity (Wildman–Crippen MR) is 59.4 cm³/mol. The monoisotopic (exact) mass is 231 g/mol. The second-order valence-corrected chi connectivity index (χ2v) is 4.38. The van der Waals surface area contributed by atoms with Gasteiger partial charge in [0.05, 0.1) is 10.0 Å². The summed E-state index contributed by atoms with van der Waals surface area (Å²) in [6.45, 7) is 0. The molecule has 0 aromatic heterocycles. The van der Waals surface area contributed by atoms with E-state index < -0.39 is 0 Å². The summed E-state index contributed by atoms with van der Waals surface area (Å²) < 4.78 is 0. The van der Waals surface area contributed by atoms with Gasteiger partial charge in [0.2, 0.25) is 0 Å². The number of benzene rings is 1. The van der Waals surface area contributed by atoms with Gasteiger partial charge in [-0.15, -0.1) is 0 Å². The van der Waals surface area contributed by atoms with Crippen LogP contribution >= 0.6 is 23.2 Å². The number of hydrogen-bond donors (Lipinski definition) is 2. The molecule has 0 aliphatic heterocycles.